The van der Waals surface area contributed by atoms with Gasteiger partial charge in [-0.2, -0.15) is 0 Å². The Bertz CT molecular complexity index is 534. The average Bonchev–Trinajstić information content (AvgIpc) is 2.46. The van der Waals surface area contributed by atoms with Gasteiger partial charge in [-0.05, 0) is 22.8 Å². The van der Waals surface area contributed by atoms with E-state index in [1.807, 2.05) is 42.4 Å². The van der Waals surface area contributed by atoms with Crippen LogP contribution in [0.25, 0.3) is 5.57 Å². The van der Waals surface area contributed by atoms with E-state index in [9.17, 15) is 4.79 Å². The highest BCUT2D eigenvalue weighted by atomic mass is 16.5. The van der Waals surface area contributed by atoms with E-state index < -0.39 is 0 Å². The minimum Gasteiger partial charge on any atom is -0.371 e. The molecule has 1 aliphatic carbocycles. The molecule has 1 aromatic carbocycles. The van der Waals surface area contributed by atoms with Crippen molar-refractivity contribution in [1.82, 2.24) is 0 Å². The number of hydrogen-bond acceptors (Lipinski definition) is 3. The first-order valence-electron chi connectivity index (χ1n) is 5.75. The largest absolute Gasteiger partial charge is 0.371 e. The molecule has 3 nitrogen and oxygen atoms in total. The van der Waals surface area contributed by atoms with Crippen molar-refractivity contribution in [2.24, 2.45) is 5.73 Å². The number of benzene rings is 1. The molecule has 1 aromatic rings. The van der Waals surface area contributed by atoms with Gasteiger partial charge in [-0.15, -0.1) is 0 Å². The van der Waals surface area contributed by atoms with Gasteiger partial charge in [0.05, 0.1) is 5.57 Å². The van der Waals surface area contributed by atoms with Crippen molar-refractivity contribution in [3.05, 3.63) is 59.2 Å². The molecule has 0 radical (unpaired) electrons. The van der Waals surface area contributed by atoms with Crippen LogP contribution in [0.2, 0.25) is 0 Å². The van der Waals surface area contributed by atoms with E-state index in [4.69, 9.17) is 10.5 Å². The molecule has 0 fully saturated rings. The van der Waals surface area contributed by atoms with Crippen molar-refractivity contribution in [3.8, 4) is 0 Å². The number of hydrogen-bond donors (Lipinski definition) is 1. The van der Waals surface area contributed by atoms with Gasteiger partial charge in [0.2, 0.25) is 0 Å². The minimum atomic E-state index is -0.351. The SMILES string of the molecule is COC1C(=C=O)C=CC=C1c1ccc(CN)cc1. The van der Waals surface area contributed by atoms with Crippen LogP contribution in [0.5, 0.6) is 0 Å². The summed E-state index contributed by atoms with van der Waals surface area (Å²) in [5.41, 5.74) is 9.14. The molecule has 0 saturated carbocycles. The Kier molecular flexibility index (Phi) is 3.90. The van der Waals surface area contributed by atoms with E-state index in [0.717, 1.165) is 16.7 Å². The molecule has 1 aliphatic rings. The fourth-order valence-corrected chi connectivity index (χ4v) is 2.02. The molecule has 0 bridgehead atoms. The number of rotatable bonds is 3. The zero-order valence-corrected chi connectivity index (χ0v) is 10.2. The second-order valence-electron chi connectivity index (χ2n) is 4.06. The Morgan fingerprint density at radius 2 is 2.06 bits per heavy atom. The van der Waals surface area contributed by atoms with Crippen LogP contribution in [-0.2, 0) is 16.1 Å². The van der Waals surface area contributed by atoms with Crippen molar-refractivity contribution >= 4 is 11.5 Å². The Morgan fingerprint density at radius 3 is 2.61 bits per heavy atom. The highest BCUT2D eigenvalue weighted by Crippen LogP contribution is 2.28. The monoisotopic (exact) mass is 241 g/mol. The summed E-state index contributed by atoms with van der Waals surface area (Å²) in [7, 11) is 1.59. The summed E-state index contributed by atoms with van der Waals surface area (Å²) in [6, 6.07) is 7.93. The molecule has 0 saturated heterocycles. The molecular weight excluding hydrogens is 226 g/mol. The van der Waals surface area contributed by atoms with Gasteiger partial charge < -0.3 is 10.5 Å². The molecule has 1 unspecified atom stereocenters. The quantitative estimate of drug-likeness (QED) is 0.822. The van der Waals surface area contributed by atoms with Crippen molar-refractivity contribution in [2.75, 3.05) is 7.11 Å². The fourth-order valence-electron chi connectivity index (χ4n) is 2.02. The highest BCUT2D eigenvalue weighted by Gasteiger charge is 2.21. The van der Waals surface area contributed by atoms with Gasteiger partial charge >= 0.3 is 0 Å². The third kappa shape index (κ3) is 2.34. The summed E-state index contributed by atoms with van der Waals surface area (Å²) in [5.74, 6) is 1.92. The Balaban J connectivity index is 2.38. The Labute approximate surface area is 106 Å². The van der Waals surface area contributed by atoms with Gasteiger partial charge in [0.25, 0.3) is 0 Å². The maximum atomic E-state index is 10.9. The zero-order valence-electron chi connectivity index (χ0n) is 10.2. The molecule has 92 valence electrons. The lowest BCUT2D eigenvalue weighted by atomic mass is 9.91. The van der Waals surface area contributed by atoms with E-state index in [-0.39, 0.29) is 6.10 Å². The topological polar surface area (TPSA) is 52.3 Å². The average molecular weight is 241 g/mol. The van der Waals surface area contributed by atoms with Crippen LogP contribution in [-0.4, -0.2) is 19.2 Å². The number of ether oxygens (including phenoxy) is 1. The van der Waals surface area contributed by atoms with Crippen LogP contribution in [0, 0.1) is 0 Å². The molecule has 18 heavy (non-hydrogen) atoms. The van der Waals surface area contributed by atoms with Crippen LogP contribution >= 0.6 is 0 Å². The molecule has 0 aliphatic heterocycles. The minimum absolute atomic E-state index is 0.351. The predicted molar refractivity (Wildman–Crippen MR) is 71.5 cm³/mol. The molecule has 0 amide bonds. The molecule has 2 rings (SSSR count). The Morgan fingerprint density at radius 1 is 1.33 bits per heavy atom. The lowest BCUT2D eigenvalue weighted by Gasteiger charge is -2.21. The number of allylic oxidation sites excluding steroid dienone is 2. The van der Waals surface area contributed by atoms with E-state index in [1.54, 1.807) is 13.2 Å². The third-order valence-corrected chi connectivity index (χ3v) is 2.99. The van der Waals surface area contributed by atoms with Gasteiger partial charge in [0.15, 0.2) is 0 Å². The van der Waals surface area contributed by atoms with Crippen molar-refractivity contribution in [1.29, 1.82) is 0 Å². The van der Waals surface area contributed by atoms with Crippen LogP contribution in [0.4, 0.5) is 0 Å². The second kappa shape index (κ2) is 5.61. The van der Waals surface area contributed by atoms with Crippen LogP contribution in [0.15, 0.2) is 48.1 Å². The van der Waals surface area contributed by atoms with Crippen molar-refractivity contribution in [2.45, 2.75) is 12.6 Å². The van der Waals surface area contributed by atoms with Gasteiger partial charge in [0.1, 0.15) is 12.0 Å². The first kappa shape index (κ1) is 12.5. The molecule has 2 N–H and O–H groups in total. The van der Waals surface area contributed by atoms with Crippen LogP contribution < -0.4 is 5.73 Å². The standard InChI is InChI=1S/C15H15NO2/c1-18-15-13(10-17)3-2-4-14(15)12-7-5-11(9-16)6-8-12/h2-8,15H,9,16H2,1H3. The van der Waals surface area contributed by atoms with Gasteiger partial charge in [-0.3, -0.25) is 0 Å². The zero-order chi connectivity index (χ0) is 13.0. The lowest BCUT2D eigenvalue weighted by Crippen LogP contribution is -2.17. The first-order chi connectivity index (χ1) is 8.80. The van der Waals surface area contributed by atoms with Gasteiger partial charge in [0, 0.05) is 13.7 Å². The van der Waals surface area contributed by atoms with E-state index in [0.29, 0.717) is 12.1 Å². The first-order valence-corrected chi connectivity index (χ1v) is 5.75. The van der Waals surface area contributed by atoms with Gasteiger partial charge in [-0.1, -0.05) is 36.4 Å². The molecule has 1 atom stereocenters. The summed E-state index contributed by atoms with van der Waals surface area (Å²) >= 11 is 0. The third-order valence-electron chi connectivity index (χ3n) is 2.99. The predicted octanol–water partition coefficient (Wildman–Crippen LogP) is 1.87. The normalized spacial score (nSPS) is 18.4. The summed E-state index contributed by atoms with van der Waals surface area (Å²) in [4.78, 5) is 10.9. The maximum absolute atomic E-state index is 10.9. The summed E-state index contributed by atoms with van der Waals surface area (Å²) in [6.45, 7) is 0.520. The number of carbonyl (C=O) groups excluding carboxylic acids is 1. The highest BCUT2D eigenvalue weighted by molar-refractivity contribution is 5.80. The van der Waals surface area contributed by atoms with E-state index in [2.05, 4.69) is 0 Å². The summed E-state index contributed by atoms with van der Waals surface area (Å²) in [6.07, 6.45) is 5.16. The molecule has 0 aromatic heterocycles. The molecular formula is C15H15NO2. The summed E-state index contributed by atoms with van der Waals surface area (Å²) in [5, 5.41) is 0. The van der Waals surface area contributed by atoms with Gasteiger partial charge in [-0.25, -0.2) is 4.79 Å². The van der Waals surface area contributed by atoms with Crippen molar-refractivity contribution in [3.63, 3.8) is 0 Å². The molecule has 0 heterocycles. The van der Waals surface area contributed by atoms with Crippen molar-refractivity contribution < 1.29 is 9.53 Å². The van der Waals surface area contributed by atoms with Crippen LogP contribution in [0.3, 0.4) is 0 Å². The lowest BCUT2D eigenvalue weighted by molar-refractivity contribution is 0.178. The number of methoxy groups -OCH3 is 1. The molecule has 3 heteroatoms. The van der Waals surface area contributed by atoms with E-state index >= 15 is 0 Å². The second-order valence-corrected chi connectivity index (χ2v) is 4.06. The fraction of sp³-hybridized carbons (Fsp3) is 0.200. The maximum Gasteiger partial charge on any atom is 0.131 e. The number of nitrogens with two attached hydrogens (primary N) is 1. The smallest absolute Gasteiger partial charge is 0.131 e. The van der Waals surface area contributed by atoms with Crippen LogP contribution in [0.1, 0.15) is 11.1 Å². The molecule has 0 spiro atoms. The van der Waals surface area contributed by atoms with E-state index in [1.165, 1.54) is 0 Å². The summed E-state index contributed by atoms with van der Waals surface area (Å²) < 4.78 is 5.37. The Hall–Kier alpha value is -1.93.